The van der Waals surface area contributed by atoms with Gasteiger partial charge >= 0.3 is 0 Å². The summed E-state index contributed by atoms with van der Waals surface area (Å²) in [7, 11) is 0. The van der Waals surface area contributed by atoms with Gasteiger partial charge in [0.05, 0.1) is 10.0 Å². The van der Waals surface area contributed by atoms with E-state index in [0.717, 1.165) is 17.1 Å². The molecule has 3 rings (SSSR count). The van der Waals surface area contributed by atoms with E-state index in [1.165, 1.54) is 12.1 Å². The van der Waals surface area contributed by atoms with Crippen molar-refractivity contribution in [3.8, 4) is 23.0 Å². The molecule has 1 unspecified atom stereocenters. The van der Waals surface area contributed by atoms with Crippen LogP contribution in [0.1, 0.15) is 18.6 Å². The zero-order chi connectivity index (χ0) is 17.8. The lowest BCUT2D eigenvalue weighted by molar-refractivity contribution is 0.227. The first-order chi connectivity index (χ1) is 12.0. The lowest BCUT2D eigenvalue weighted by Crippen LogP contribution is -2.04. The largest absolute Gasteiger partial charge is 0.508 e. The maximum atomic E-state index is 9.48. The van der Waals surface area contributed by atoms with E-state index >= 15 is 0 Å². The predicted molar refractivity (Wildman–Crippen MR) is 100 cm³/mol. The highest BCUT2D eigenvalue weighted by Crippen LogP contribution is 2.39. The Morgan fingerprint density at radius 3 is 2.00 bits per heavy atom. The molecule has 0 amide bonds. The van der Waals surface area contributed by atoms with Crippen molar-refractivity contribution in [2.75, 3.05) is 0 Å². The molecule has 3 nitrogen and oxygen atoms in total. The Labute approximate surface area is 156 Å². The van der Waals surface area contributed by atoms with E-state index in [4.69, 9.17) is 32.7 Å². The summed E-state index contributed by atoms with van der Waals surface area (Å²) in [6, 6.07) is 20.0. The van der Waals surface area contributed by atoms with E-state index in [2.05, 4.69) is 0 Å². The van der Waals surface area contributed by atoms with Gasteiger partial charge in [-0.05, 0) is 36.8 Å². The highest BCUT2D eigenvalue weighted by atomic mass is 35.5. The van der Waals surface area contributed by atoms with Crippen LogP contribution in [0.25, 0.3) is 0 Å². The highest BCUT2D eigenvalue weighted by Gasteiger charge is 2.14. The van der Waals surface area contributed by atoms with Gasteiger partial charge in [-0.1, -0.05) is 53.5 Å². The Hall–Kier alpha value is -2.36. The Morgan fingerprint density at radius 2 is 1.40 bits per heavy atom. The third-order valence-corrected chi connectivity index (χ3v) is 4.17. The van der Waals surface area contributed by atoms with Gasteiger partial charge in [-0.2, -0.15) is 0 Å². The van der Waals surface area contributed by atoms with Gasteiger partial charge < -0.3 is 14.6 Å². The standard InChI is InChI=1S/C20H16Cl2O3/c1-13(24-20-18(21)11-15(23)12-19(20)22)14-7-9-17(10-8-14)25-16-5-3-2-4-6-16/h2-13,23H,1H3. The molecule has 0 spiro atoms. The number of para-hydroxylation sites is 1. The van der Waals surface area contributed by atoms with Crippen molar-refractivity contribution >= 4 is 23.2 Å². The summed E-state index contributed by atoms with van der Waals surface area (Å²) in [4.78, 5) is 0. The van der Waals surface area contributed by atoms with Crippen molar-refractivity contribution in [3.05, 3.63) is 82.3 Å². The maximum Gasteiger partial charge on any atom is 0.157 e. The molecule has 5 heteroatoms. The fourth-order valence-electron chi connectivity index (χ4n) is 2.34. The van der Waals surface area contributed by atoms with Crippen LogP contribution in [0.5, 0.6) is 23.0 Å². The van der Waals surface area contributed by atoms with Gasteiger partial charge in [0, 0.05) is 12.1 Å². The van der Waals surface area contributed by atoms with Crippen molar-refractivity contribution in [3.63, 3.8) is 0 Å². The minimum absolute atomic E-state index is 0.00239. The molecular formula is C20H16Cl2O3. The summed E-state index contributed by atoms with van der Waals surface area (Å²) >= 11 is 12.2. The molecule has 0 aliphatic rings. The molecule has 0 fully saturated rings. The van der Waals surface area contributed by atoms with Crippen molar-refractivity contribution in [2.24, 2.45) is 0 Å². The third-order valence-electron chi connectivity index (χ3n) is 3.61. The van der Waals surface area contributed by atoms with Crippen LogP contribution < -0.4 is 9.47 Å². The van der Waals surface area contributed by atoms with Gasteiger partial charge in [0.15, 0.2) is 5.75 Å². The first-order valence-electron chi connectivity index (χ1n) is 7.70. The minimum Gasteiger partial charge on any atom is -0.508 e. The quantitative estimate of drug-likeness (QED) is 0.544. The summed E-state index contributed by atoms with van der Waals surface area (Å²) in [5.74, 6) is 1.86. The third kappa shape index (κ3) is 4.38. The number of phenolic OH excluding ortho intramolecular Hbond substituents is 1. The van der Waals surface area contributed by atoms with Crippen LogP contribution in [0.4, 0.5) is 0 Å². The molecule has 0 saturated heterocycles. The van der Waals surface area contributed by atoms with Crippen LogP contribution >= 0.6 is 23.2 Å². The fraction of sp³-hybridized carbons (Fsp3) is 0.100. The smallest absolute Gasteiger partial charge is 0.157 e. The zero-order valence-electron chi connectivity index (χ0n) is 13.4. The van der Waals surface area contributed by atoms with E-state index in [0.29, 0.717) is 5.75 Å². The number of hydrogen-bond acceptors (Lipinski definition) is 3. The van der Waals surface area contributed by atoms with Gasteiger partial charge in [0.2, 0.25) is 0 Å². The number of ether oxygens (including phenoxy) is 2. The lowest BCUT2D eigenvalue weighted by atomic mass is 10.1. The van der Waals surface area contributed by atoms with Gasteiger partial charge in [-0.3, -0.25) is 0 Å². The van der Waals surface area contributed by atoms with Crippen LogP contribution in [0, 0.1) is 0 Å². The summed E-state index contributed by atoms with van der Waals surface area (Å²) in [5.41, 5.74) is 0.945. The van der Waals surface area contributed by atoms with E-state index in [-0.39, 0.29) is 21.9 Å². The molecule has 25 heavy (non-hydrogen) atoms. The van der Waals surface area contributed by atoms with Gasteiger partial charge in [0.25, 0.3) is 0 Å². The van der Waals surface area contributed by atoms with Crippen LogP contribution in [-0.2, 0) is 0 Å². The van der Waals surface area contributed by atoms with Crippen LogP contribution in [0.3, 0.4) is 0 Å². The molecular weight excluding hydrogens is 359 g/mol. The molecule has 1 atom stereocenters. The van der Waals surface area contributed by atoms with Crippen LogP contribution in [-0.4, -0.2) is 5.11 Å². The molecule has 0 aliphatic heterocycles. The fourth-order valence-corrected chi connectivity index (χ4v) is 2.90. The SMILES string of the molecule is CC(Oc1c(Cl)cc(O)cc1Cl)c1ccc(Oc2ccccc2)cc1. The average Bonchev–Trinajstić information content (AvgIpc) is 2.59. The second-order valence-electron chi connectivity index (χ2n) is 5.48. The van der Waals surface area contributed by atoms with Crippen molar-refractivity contribution < 1.29 is 14.6 Å². The Kier molecular flexibility index (Phi) is 5.37. The van der Waals surface area contributed by atoms with E-state index < -0.39 is 0 Å². The van der Waals surface area contributed by atoms with E-state index in [1.807, 2.05) is 61.5 Å². The van der Waals surface area contributed by atoms with Gasteiger partial charge in [-0.25, -0.2) is 0 Å². The number of aromatic hydroxyl groups is 1. The molecule has 0 heterocycles. The topological polar surface area (TPSA) is 38.7 Å². The normalized spacial score (nSPS) is 11.8. The van der Waals surface area contributed by atoms with Crippen LogP contribution in [0.2, 0.25) is 10.0 Å². The molecule has 0 aliphatic carbocycles. The monoisotopic (exact) mass is 374 g/mol. The number of benzene rings is 3. The van der Waals surface area contributed by atoms with E-state index in [9.17, 15) is 5.11 Å². The summed E-state index contributed by atoms with van der Waals surface area (Å²) < 4.78 is 11.6. The molecule has 1 N–H and O–H groups in total. The van der Waals surface area contributed by atoms with Crippen molar-refractivity contribution in [1.82, 2.24) is 0 Å². The van der Waals surface area contributed by atoms with E-state index in [1.54, 1.807) is 0 Å². The Bertz CT molecular complexity index is 826. The Morgan fingerprint density at radius 1 is 0.840 bits per heavy atom. The highest BCUT2D eigenvalue weighted by molar-refractivity contribution is 6.37. The summed E-state index contributed by atoms with van der Waals surface area (Å²) in [6.07, 6.45) is -0.273. The first-order valence-corrected chi connectivity index (χ1v) is 8.46. The molecule has 0 bridgehead atoms. The molecule has 3 aromatic rings. The second-order valence-corrected chi connectivity index (χ2v) is 6.30. The average molecular weight is 375 g/mol. The number of hydrogen-bond donors (Lipinski definition) is 1. The lowest BCUT2D eigenvalue weighted by Gasteiger charge is -2.18. The molecule has 128 valence electrons. The molecule has 0 saturated carbocycles. The van der Waals surface area contributed by atoms with Crippen LogP contribution in [0.15, 0.2) is 66.7 Å². The zero-order valence-corrected chi connectivity index (χ0v) is 15.0. The maximum absolute atomic E-state index is 9.48. The second kappa shape index (κ2) is 7.68. The number of rotatable bonds is 5. The molecule has 0 radical (unpaired) electrons. The summed E-state index contributed by atoms with van der Waals surface area (Å²) in [6.45, 7) is 1.90. The first kappa shape index (κ1) is 17.5. The molecule has 3 aromatic carbocycles. The summed E-state index contributed by atoms with van der Waals surface area (Å²) in [5, 5.41) is 10.0. The number of phenols is 1. The predicted octanol–water partition coefficient (Wildman–Crippen LogP) is 6.63. The van der Waals surface area contributed by atoms with Crippen molar-refractivity contribution in [1.29, 1.82) is 0 Å². The van der Waals surface area contributed by atoms with Gasteiger partial charge in [0.1, 0.15) is 23.4 Å². The Balaban J connectivity index is 1.72. The molecule has 0 aromatic heterocycles. The minimum atomic E-state index is -0.273. The van der Waals surface area contributed by atoms with Crippen molar-refractivity contribution in [2.45, 2.75) is 13.0 Å². The number of halogens is 2. The van der Waals surface area contributed by atoms with Gasteiger partial charge in [-0.15, -0.1) is 0 Å².